The third-order valence-electron chi connectivity index (χ3n) is 7.96. The number of likely N-dealkylation sites (tertiary alicyclic amines) is 1. The smallest absolute Gasteiger partial charge is 0.410 e. The van der Waals surface area contributed by atoms with Crippen molar-refractivity contribution in [1.82, 2.24) is 10.2 Å². The topological polar surface area (TPSA) is 95.6 Å². The lowest BCUT2D eigenvalue weighted by molar-refractivity contribution is -0.152. The van der Waals surface area contributed by atoms with Gasteiger partial charge in [-0.3, -0.25) is 0 Å². The first-order chi connectivity index (χ1) is 18.6. The van der Waals surface area contributed by atoms with Crippen molar-refractivity contribution < 1.29 is 33.3 Å². The summed E-state index contributed by atoms with van der Waals surface area (Å²) in [4.78, 5) is 26.8. The molecule has 39 heavy (non-hydrogen) atoms. The van der Waals surface area contributed by atoms with E-state index in [-0.39, 0.29) is 36.4 Å². The molecule has 2 atom stereocenters. The van der Waals surface area contributed by atoms with E-state index in [2.05, 4.69) is 5.32 Å². The summed E-state index contributed by atoms with van der Waals surface area (Å²) in [5.74, 6) is 0. The summed E-state index contributed by atoms with van der Waals surface area (Å²) in [5, 5.41) is 2.98. The highest BCUT2D eigenvalue weighted by Crippen LogP contribution is 2.43. The molecule has 1 N–H and O–H groups in total. The fourth-order valence-electron chi connectivity index (χ4n) is 5.40. The van der Waals surface area contributed by atoms with Crippen LogP contribution in [0, 0.1) is 5.41 Å². The van der Waals surface area contributed by atoms with E-state index >= 15 is 0 Å². The van der Waals surface area contributed by atoms with E-state index in [1.165, 1.54) is 0 Å². The molecule has 3 aliphatic heterocycles. The van der Waals surface area contributed by atoms with Crippen LogP contribution in [0.1, 0.15) is 71.8 Å². The number of nitrogens with zero attached hydrogens (tertiary/aromatic N) is 1. The van der Waals surface area contributed by atoms with Crippen molar-refractivity contribution in [3.8, 4) is 0 Å². The molecular weight excluding hydrogens is 500 g/mol. The first-order valence-electron chi connectivity index (χ1n) is 14.4. The lowest BCUT2D eigenvalue weighted by Gasteiger charge is -2.46. The fourth-order valence-corrected chi connectivity index (χ4v) is 5.40. The van der Waals surface area contributed by atoms with Crippen LogP contribution in [0.25, 0.3) is 0 Å². The molecule has 9 nitrogen and oxygen atoms in total. The number of rotatable bonds is 10. The standard InChI is InChI=1S/C30H46N2O7/c1-22(37-20-30-14-10-24(11-15-30)38-21-30)26(31-27(33)36-18-23-8-6-5-7-9-23)19-35-25-12-16-32(17-13-25)28(34)39-29(2,3)4/h5-9,22,24-26H,10-21H2,1-4H3,(H,31,33)/t22-,24?,26-,30?/m1/s1. The highest BCUT2D eigenvalue weighted by molar-refractivity contribution is 5.68. The number of ether oxygens (including phenoxy) is 5. The van der Waals surface area contributed by atoms with E-state index in [4.69, 9.17) is 23.7 Å². The number of hydrogen-bond acceptors (Lipinski definition) is 7. The van der Waals surface area contributed by atoms with E-state index < -0.39 is 11.7 Å². The zero-order valence-corrected chi connectivity index (χ0v) is 24.0. The average Bonchev–Trinajstić information content (AvgIpc) is 2.94. The van der Waals surface area contributed by atoms with Crippen LogP contribution >= 0.6 is 0 Å². The molecule has 4 aliphatic rings. The van der Waals surface area contributed by atoms with Gasteiger partial charge >= 0.3 is 12.2 Å². The van der Waals surface area contributed by atoms with Gasteiger partial charge in [-0.15, -0.1) is 0 Å². The Bertz CT molecular complexity index is 905. The molecule has 4 fully saturated rings. The predicted molar refractivity (Wildman–Crippen MR) is 146 cm³/mol. The summed E-state index contributed by atoms with van der Waals surface area (Å²) >= 11 is 0. The highest BCUT2D eigenvalue weighted by atomic mass is 16.6. The molecule has 9 heteroatoms. The van der Waals surface area contributed by atoms with E-state index in [1.807, 2.05) is 58.0 Å². The Kier molecular flexibility index (Phi) is 10.1. The summed E-state index contributed by atoms with van der Waals surface area (Å²) in [5.41, 5.74) is 0.474. The molecule has 1 aliphatic carbocycles. The van der Waals surface area contributed by atoms with Crippen LogP contribution in [0.5, 0.6) is 0 Å². The van der Waals surface area contributed by atoms with Gasteiger partial charge in [0.1, 0.15) is 12.2 Å². The van der Waals surface area contributed by atoms with Crippen LogP contribution in [0.3, 0.4) is 0 Å². The molecular formula is C30H46N2O7. The van der Waals surface area contributed by atoms with Gasteiger partial charge in [-0.05, 0) is 71.8 Å². The fraction of sp³-hybridized carbons (Fsp3) is 0.733. The second-order valence-corrected chi connectivity index (χ2v) is 12.3. The van der Waals surface area contributed by atoms with Gasteiger partial charge in [-0.1, -0.05) is 30.3 Å². The average molecular weight is 547 g/mol. The minimum absolute atomic E-state index is 0.0128. The molecule has 3 saturated heterocycles. The van der Waals surface area contributed by atoms with Crippen LogP contribution in [-0.2, 0) is 30.3 Å². The summed E-state index contributed by atoms with van der Waals surface area (Å²) < 4.78 is 29.6. The molecule has 2 bridgehead atoms. The normalized spacial score (nSPS) is 25.1. The molecule has 0 aromatic heterocycles. The van der Waals surface area contributed by atoms with E-state index in [0.29, 0.717) is 45.2 Å². The molecule has 1 saturated carbocycles. The van der Waals surface area contributed by atoms with E-state index in [9.17, 15) is 9.59 Å². The van der Waals surface area contributed by atoms with Crippen LogP contribution in [0.4, 0.5) is 9.59 Å². The van der Waals surface area contributed by atoms with Crippen molar-refractivity contribution in [2.24, 2.45) is 5.41 Å². The Labute approximate surface area is 232 Å². The van der Waals surface area contributed by atoms with Gasteiger partial charge in [0.25, 0.3) is 0 Å². The molecule has 1 aromatic rings. The number of amides is 2. The van der Waals surface area contributed by atoms with Gasteiger partial charge in [0, 0.05) is 18.5 Å². The summed E-state index contributed by atoms with van der Waals surface area (Å²) in [6.07, 6.45) is 5.18. The van der Waals surface area contributed by atoms with Crippen molar-refractivity contribution in [3.05, 3.63) is 35.9 Å². The zero-order valence-electron chi connectivity index (χ0n) is 24.0. The number of piperidine rings is 1. The van der Waals surface area contributed by atoms with Crippen molar-refractivity contribution >= 4 is 12.2 Å². The SMILES string of the molecule is C[C@@H](OCC12CCC(CC1)OC2)[C@@H](COC1CCN(C(=O)OC(C)(C)C)CC1)NC(=O)OCc1ccccc1. The highest BCUT2D eigenvalue weighted by Gasteiger charge is 2.42. The Hall–Kier alpha value is -2.36. The van der Waals surface area contributed by atoms with Gasteiger partial charge in [0.2, 0.25) is 0 Å². The number of benzene rings is 1. The maximum atomic E-state index is 12.7. The maximum Gasteiger partial charge on any atom is 0.410 e. The Morgan fingerprint density at radius 2 is 1.79 bits per heavy atom. The third kappa shape index (κ3) is 9.08. The van der Waals surface area contributed by atoms with Crippen molar-refractivity contribution in [3.63, 3.8) is 0 Å². The van der Waals surface area contributed by atoms with Crippen LogP contribution in [-0.4, -0.2) is 80.0 Å². The number of fused-ring (bicyclic) bond motifs is 3. The molecule has 0 unspecified atom stereocenters. The van der Waals surface area contributed by atoms with E-state index in [0.717, 1.165) is 37.9 Å². The Morgan fingerprint density at radius 3 is 2.41 bits per heavy atom. The predicted octanol–water partition coefficient (Wildman–Crippen LogP) is 5.06. The van der Waals surface area contributed by atoms with Gasteiger partial charge < -0.3 is 33.9 Å². The van der Waals surface area contributed by atoms with Crippen LogP contribution in [0.15, 0.2) is 30.3 Å². The molecule has 0 spiro atoms. The summed E-state index contributed by atoms with van der Waals surface area (Å²) in [6, 6.07) is 9.22. The molecule has 5 rings (SSSR count). The third-order valence-corrected chi connectivity index (χ3v) is 7.96. The summed E-state index contributed by atoms with van der Waals surface area (Å²) in [6.45, 7) is 10.6. The van der Waals surface area contributed by atoms with Gasteiger partial charge in [-0.25, -0.2) is 9.59 Å². The second kappa shape index (κ2) is 13.3. The summed E-state index contributed by atoms with van der Waals surface area (Å²) in [7, 11) is 0. The molecule has 3 heterocycles. The maximum absolute atomic E-state index is 12.7. The number of hydrogen-bond donors (Lipinski definition) is 1. The van der Waals surface area contributed by atoms with Gasteiger partial charge in [0.05, 0.1) is 44.2 Å². The molecule has 1 aromatic carbocycles. The van der Waals surface area contributed by atoms with Gasteiger partial charge in [-0.2, -0.15) is 0 Å². The van der Waals surface area contributed by atoms with Crippen LogP contribution in [0.2, 0.25) is 0 Å². The largest absolute Gasteiger partial charge is 0.445 e. The van der Waals surface area contributed by atoms with Crippen molar-refractivity contribution in [1.29, 1.82) is 0 Å². The zero-order chi connectivity index (χ0) is 27.9. The van der Waals surface area contributed by atoms with E-state index in [1.54, 1.807) is 4.90 Å². The Morgan fingerprint density at radius 1 is 1.10 bits per heavy atom. The number of alkyl carbamates (subject to hydrolysis) is 1. The first-order valence-corrected chi connectivity index (χ1v) is 14.4. The van der Waals surface area contributed by atoms with Crippen molar-refractivity contribution in [2.45, 2.75) is 103 Å². The van der Waals surface area contributed by atoms with Crippen molar-refractivity contribution in [2.75, 3.05) is 32.9 Å². The molecule has 2 amide bonds. The minimum atomic E-state index is -0.517. The quantitative estimate of drug-likeness (QED) is 0.438. The number of carbonyl (C=O) groups is 2. The first kappa shape index (κ1) is 29.6. The lowest BCUT2D eigenvalue weighted by atomic mass is 9.72. The van der Waals surface area contributed by atoms with Crippen LogP contribution < -0.4 is 5.32 Å². The molecule has 0 radical (unpaired) electrons. The second-order valence-electron chi connectivity index (χ2n) is 12.3. The lowest BCUT2D eigenvalue weighted by Crippen LogP contribution is -2.50. The Balaban J connectivity index is 1.28. The minimum Gasteiger partial charge on any atom is -0.445 e. The van der Waals surface area contributed by atoms with Gasteiger partial charge in [0.15, 0.2) is 0 Å². The number of nitrogens with one attached hydrogen (secondary N) is 1. The number of carbonyl (C=O) groups excluding carboxylic acids is 2. The monoisotopic (exact) mass is 546 g/mol. The molecule has 218 valence electrons.